The maximum Gasteiger partial charge on any atom is 0.271 e. The van der Waals surface area contributed by atoms with Crippen molar-refractivity contribution in [3.05, 3.63) is 70.8 Å². The highest BCUT2D eigenvalue weighted by Gasteiger charge is 2.17. The molecule has 1 amide bonds. The first-order valence-corrected chi connectivity index (χ1v) is 10.1. The van der Waals surface area contributed by atoms with Gasteiger partial charge in [0.15, 0.2) is 0 Å². The molecule has 1 aliphatic carbocycles. The summed E-state index contributed by atoms with van der Waals surface area (Å²) < 4.78 is 27.6. The Balaban J connectivity index is 1.76. The summed E-state index contributed by atoms with van der Waals surface area (Å²) in [7, 11) is -3.84. The van der Waals surface area contributed by atoms with Gasteiger partial charge >= 0.3 is 0 Å². The Morgan fingerprint density at radius 1 is 1.11 bits per heavy atom. The molecule has 27 heavy (non-hydrogen) atoms. The van der Waals surface area contributed by atoms with E-state index in [-0.39, 0.29) is 10.5 Å². The van der Waals surface area contributed by atoms with E-state index in [2.05, 4.69) is 15.2 Å². The molecule has 0 bridgehead atoms. The van der Waals surface area contributed by atoms with Crippen LogP contribution in [-0.4, -0.2) is 20.0 Å². The van der Waals surface area contributed by atoms with Crippen molar-refractivity contribution in [3.63, 3.8) is 0 Å². The van der Waals surface area contributed by atoms with Gasteiger partial charge in [-0.15, -0.1) is 0 Å². The van der Waals surface area contributed by atoms with Crippen LogP contribution in [0, 0.1) is 0 Å². The zero-order chi connectivity index (χ0) is 19.4. The lowest BCUT2D eigenvalue weighted by Gasteiger charge is -2.09. The third kappa shape index (κ3) is 4.96. The van der Waals surface area contributed by atoms with Crippen molar-refractivity contribution in [1.29, 1.82) is 0 Å². The van der Waals surface area contributed by atoms with Crippen LogP contribution in [0.4, 0.5) is 5.69 Å². The molecule has 0 fully saturated rings. The van der Waals surface area contributed by atoms with E-state index in [0.717, 1.165) is 18.6 Å². The van der Waals surface area contributed by atoms with Crippen molar-refractivity contribution >= 4 is 38.9 Å². The minimum Gasteiger partial charge on any atom is -0.280 e. The van der Waals surface area contributed by atoms with Crippen LogP contribution in [0.2, 0.25) is 5.02 Å². The first-order chi connectivity index (χ1) is 12.8. The molecule has 2 aromatic carbocycles. The number of allylic oxidation sites excluding steroid dienone is 2. The van der Waals surface area contributed by atoms with Crippen molar-refractivity contribution in [1.82, 2.24) is 5.43 Å². The largest absolute Gasteiger partial charge is 0.280 e. The number of nitrogens with one attached hydrogen (secondary N) is 2. The molecule has 2 N–H and O–H groups in total. The van der Waals surface area contributed by atoms with Crippen LogP contribution in [0.5, 0.6) is 0 Å². The van der Waals surface area contributed by atoms with Gasteiger partial charge in [0.25, 0.3) is 15.9 Å². The second-order valence-corrected chi connectivity index (χ2v) is 8.29. The minimum absolute atomic E-state index is 0.0191. The quantitative estimate of drug-likeness (QED) is 0.740. The van der Waals surface area contributed by atoms with E-state index >= 15 is 0 Å². The lowest BCUT2D eigenvalue weighted by atomic mass is 10.2. The molecule has 0 atom stereocenters. The number of hydrogen-bond acceptors (Lipinski definition) is 4. The van der Waals surface area contributed by atoms with Gasteiger partial charge in [0.05, 0.1) is 10.6 Å². The molecule has 3 rings (SSSR count). The molecular weight excluding hydrogens is 386 g/mol. The Morgan fingerprint density at radius 2 is 1.85 bits per heavy atom. The average molecular weight is 404 g/mol. The third-order valence-electron chi connectivity index (χ3n) is 3.99. The lowest BCUT2D eigenvalue weighted by molar-refractivity contribution is 0.0954. The number of anilines is 1. The highest BCUT2D eigenvalue weighted by Crippen LogP contribution is 2.19. The van der Waals surface area contributed by atoms with E-state index in [1.165, 1.54) is 29.8 Å². The van der Waals surface area contributed by atoms with Gasteiger partial charge in [0.1, 0.15) is 0 Å². The summed E-state index contributed by atoms with van der Waals surface area (Å²) in [4.78, 5) is 12.3. The fraction of sp³-hybridized carbons (Fsp3) is 0.158. The number of hydrazone groups is 1. The molecule has 0 unspecified atom stereocenters. The summed E-state index contributed by atoms with van der Waals surface area (Å²) in [5.74, 6) is -0.469. The molecular formula is C19H18ClN3O3S. The van der Waals surface area contributed by atoms with Gasteiger partial charge < -0.3 is 0 Å². The molecule has 0 heterocycles. The predicted molar refractivity (Wildman–Crippen MR) is 107 cm³/mol. The van der Waals surface area contributed by atoms with Gasteiger partial charge in [-0.3, -0.25) is 9.52 Å². The second kappa shape index (κ2) is 7.94. The molecule has 0 radical (unpaired) electrons. The maximum absolute atomic E-state index is 12.6. The highest BCUT2D eigenvalue weighted by molar-refractivity contribution is 7.92. The van der Waals surface area contributed by atoms with Crippen LogP contribution < -0.4 is 10.1 Å². The smallest absolute Gasteiger partial charge is 0.271 e. The van der Waals surface area contributed by atoms with E-state index in [0.29, 0.717) is 10.7 Å². The van der Waals surface area contributed by atoms with Gasteiger partial charge in [-0.25, -0.2) is 13.8 Å². The molecule has 1 aliphatic rings. The Labute approximate surface area is 163 Å². The number of hydrogen-bond donors (Lipinski definition) is 2. The lowest BCUT2D eigenvalue weighted by Crippen LogP contribution is -2.20. The van der Waals surface area contributed by atoms with E-state index in [9.17, 15) is 13.2 Å². The van der Waals surface area contributed by atoms with Crippen LogP contribution in [0.1, 0.15) is 30.1 Å². The zero-order valence-electron chi connectivity index (χ0n) is 14.6. The van der Waals surface area contributed by atoms with Crippen LogP contribution in [-0.2, 0) is 10.0 Å². The normalized spacial score (nSPS) is 15.5. The molecule has 0 aromatic heterocycles. The van der Waals surface area contributed by atoms with E-state index < -0.39 is 15.9 Å². The number of sulfonamides is 1. The van der Waals surface area contributed by atoms with Crippen molar-refractivity contribution < 1.29 is 13.2 Å². The average Bonchev–Trinajstić information content (AvgIpc) is 3.07. The molecule has 2 aromatic rings. The van der Waals surface area contributed by atoms with Crippen LogP contribution in [0.3, 0.4) is 0 Å². The number of amides is 1. The first kappa shape index (κ1) is 19.1. The number of nitrogens with zero attached hydrogens (tertiary/aromatic N) is 1. The first-order valence-electron chi connectivity index (χ1n) is 8.26. The van der Waals surface area contributed by atoms with Gasteiger partial charge in [-0.1, -0.05) is 23.2 Å². The standard InChI is InChI=1S/C19H18ClN3O3S/c1-13-5-8-17(11-13)21-22-19(24)14-3-2-4-18(12-14)27(25,26)23-16-9-6-15(20)7-10-16/h2-4,6-7,9-12,23H,5,8H2,1H3,(H,22,24). The fourth-order valence-electron chi connectivity index (χ4n) is 2.57. The Morgan fingerprint density at radius 3 is 2.52 bits per heavy atom. The van der Waals surface area contributed by atoms with Crippen molar-refractivity contribution in [2.75, 3.05) is 4.72 Å². The van der Waals surface area contributed by atoms with Crippen LogP contribution >= 0.6 is 11.6 Å². The van der Waals surface area contributed by atoms with Gasteiger partial charge in [-0.2, -0.15) is 5.10 Å². The maximum atomic E-state index is 12.6. The summed E-state index contributed by atoms with van der Waals surface area (Å²) in [6.07, 6.45) is 3.64. The van der Waals surface area contributed by atoms with E-state index in [1.807, 2.05) is 13.0 Å². The molecule has 0 aliphatic heterocycles. The summed E-state index contributed by atoms with van der Waals surface area (Å²) in [5.41, 5.74) is 5.07. The number of carbonyl (C=O) groups excluding carboxylic acids is 1. The van der Waals surface area contributed by atoms with Crippen molar-refractivity contribution in [2.45, 2.75) is 24.7 Å². The Bertz CT molecular complexity index is 1030. The van der Waals surface area contributed by atoms with Gasteiger partial charge in [0, 0.05) is 16.3 Å². The topological polar surface area (TPSA) is 87.6 Å². The zero-order valence-corrected chi connectivity index (χ0v) is 16.1. The summed E-state index contributed by atoms with van der Waals surface area (Å²) in [6, 6.07) is 12.1. The molecule has 0 saturated heterocycles. The van der Waals surface area contributed by atoms with Crippen LogP contribution in [0.25, 0.3) is 0 Å². The Kier molecular flexibility index (Phi) is 5.62. The Hall–Kier alpha value is -2.64. The molecule has 0 spiro atoms. The molecule has 6 nitrogen and oxygen atoms in total. The number of rotatable bonds is 5. The molecule has 8 heteroatoms. The monoisotopic (exact) mass is 403 g/mol. The van der Waals surface area contributed by atoms with E-state index in [4.69, 9.17) is 11.6 Å². The third-order valence-corrected chi connectivity index (χ3v) is 5.62. The minimum atomic E-state index is -3.84. The molecule has 0 saturated carbocycles. The molecule has 140 valence electrons. The number of benzene rings is 2. The number of halogens is 1. The summed E-state index contributed by atoms with van der Waals surface area (Å²) in [5, 5.41) is 4.59. The van der Waals surface area contributed by atoms with E-state index in [1.54, 1.807) is 24.3 Å². The second-order valence-electron chi connectivity index (χ2n) is 6.17. The number of carbonyl (C=O) groups is 1. The summed E-state index contributed by atoms with van der Waals surface area (Å²) >= 11 is 5.80. The van der Waals surface area contributed by atoms with Crippen molar-refractivity contribution in [3.8, 4) is 0 Å². The van der Waals surface area contributed by atoms with Crippen molar-refractivity contribution in [2.24, 2.45) is 5.10 Å². The van der Waals surface area contributed by atoms with Gasteiger partial charge in [-0.05, 0) is 68.3 Å². The SMILES string of the molecule is CC1=CC(=NNC(=O)c2cccc(S(=O)(=O)Nc3ccc(Cl)cc3)c2)CC1. The highest BCUT2D eigenvalue weighted by atomic mass is 35.5. The summed E-state index contributed by atoms with van der Waals surface area (Å²) in [6.45, 7) is 2.01. The van der Waals surface area contributed by atoms with Gasteiger partial charge in [0.2, 0.25) is 0 Å². The predicted octanol–water partition coefficient (Wildman–Crippen LogP) is 3.97. The van der Waals surface area contributed by atoms with Crippen LogP contribution in [0.15, 0.2) is 70.2 Å². The fourth-order valence-corrected chi connectivity index (χ4v) is 3.80.